The van der Waals surface area contributed by atoms with Crippen LogP contribution in [0.1, 0.15) is 93.3 Å². The van der Waals surface area contributed by atoms with Crippen LogP contribution < -0.4 is 10.9 Å². The van der Waals surface area contributed by atoms with Crippen LogP contribution in [-0.4, -0.2) is 50.9 Å². The van der Waals surface area contributed by atoms with Gasteiger partial charge in [-0.2, -0.15) is 5.10 Å². The highest BCUT2D eigenvalue weighted by atomic mass is 35.5. The van der Waals surface area contributed by atoms with Gasteiger partial charge in [0, 0.05) is 48.7 Å². The summed E-state index contributed by atoms with van der Waals surface area (Å²) in [6.07, 6.45) is 15.7. The Morgan fingerprint density at radius 1 is 1.03 bits per heavy atom. The van der Waals surface area contributed by atoms with Gasteiger partial charge in [0.1, 0.15) is 0 Å². The fourth-order valence-electron chi connectivity index (χ4n) is 6.76. The van der Waals surface area contributed by atoms with Gasteiger partial charge >= 0.3 is 0 Å². The summed E-state index contributed by atoms with van der Waals surface area (Å²) in [5.41, 5.74) is 10.0. The van der Waals surface area contributed by atoms with Gasteiger partial charge in [-0.25, -0.2) is 5.43 Å². The lowest BCUT2D eigenvalue weighted by molar-refractivity contribution is -0.0370. The second kappa shape index (κ2) is 10.5. The summed E-state index contributed by atoms with van der Waals surface area (Å²) >= 11 is 13.0. The van der Waals surface area contributed by atoms with Crippen LogP contribution in [-0.2, 0) is 4.74 Å². The van der Waals surface area contributed by atoms with Gasteiger partial charge < -0.3 is 9.64 Å². The fraction of sp³-hybridized carbons (Fsp3) is 0.704. The van der Waals surface area contributed by atoms with Crippen molar-refractivity contribution >= 4 is 23.2 Å². The fourth-order valence-corrected chi connectivity index (χ4v) is 7.41. The number of fused-ring (bicyclic) bond motifs is 1. The Kier molecular flexibility index (Phi) is 7.32. The third-order valence-corrected chi connectivity index (χ3v) is 9.91. The van der Waals surface area contributed by atoms with Crippen LogP contribution in [0.5, 0.6) is 0 Å². The molecular formula is C27H38Cl2N6O. The molecule has 2 aromatic rings. The third kappa shape index (κ3) is 4.83. The van der Waals surface area contributed by atoms with Crippen molar-refractivity contribution in [2.45, 2.75) is 102 Å². The molecule has 2 aliphatic carbocycles. The number of hydrazine groups is 1. The van der Waals surface area contributed by atoms with Gasteiger partial charge in [-0.3, -0.25) is 15.1 Å². The van der Waals surface area contributed by atoms with Gasteiger partial charge in [0.25, 0.3) is 0 Å². The molecule has 0 spiro atoms. The van der Waals surface area contributed by atoms with E-state index in [2.05, 4.69) is 37.8 Å². The SMILES string of the molecule is Cc1ncc(Cl)c([C@@H](C)OC2CCC3NNC(c4cnn(C5CCN(C6CCC6)CC5)c4)C3C2)c1Cl. The molecule has 2 aromatic heterocycles. The van der Waals surface area contributed by atoms with E-state index in [0.717, 1.165) is 36.6 Å². The Labute approximate surface area is 224 Å². The number of aromatic nitrogens is 3. The zero-order chi connectivity index (χ0) is 24.8. The molecule has 36 heavy (non-hydrogen) atoms. The molecule has 5 atom stereocenters. The minimum atomic E-state index is -0.178. The van der Waals surface area contributed by atoms with E-state index in [1.807, 2.05) is 13.8 Å². The maximum Gasteiger partial charge on any atom is 0.0830 e. The van der Waals surface area contributed by atoms with E-state index >= 15 is 0 Å². The maximum atomic E-state index is 6.55. The van der Waals surface area contributed by atoms with Crippen LogP contribution in [0, 0.1) is 12.8 Å². The molecule has 0 radical (unpaired) electrons. The van der Waals surface area contributed by atoms with E-state index in [4.69, 9.17) is 33.0 Å². The Morgan fingerprint density at radius 3 is 2.58 bits per heavy atom. The lowest BCUT2D eigenvalue weighted by atomic mass is 9.78. The zero-order valence-electron chi connectivity index (χ0n) is 21.3. The van der Waals surface area contributed by atoms with Crippen LogP contribution in [0.15, 0.2) is 18.6 Å². The molecule has 0 bridgehead atoms. The zero-order valence-corrected chi connectivity index (χ0v) is 22.8. The number of ether oxygens (including phenoxy) is 1. The Hall–Kier alpha value is -1.22. The van der Waals surface area contributed by atoms with E-state index in [1.54, 1.807) is 6.20 Å². The quantitative estimate of drug-likeness (QED) is 0.508. The van der Waals surface area contributed by atoms with Crippen molar-refractivity contribution in [3.05, 3.63) is 45.5 Å². The van der Waals surface area contributed by atoms with E-state index in [-0.39, 0.29) is 18.2 Å². The van der Waals surface area contributed by atoms with Crippen molar-refractivity contribution in [2.24, 2.45) is 5.92 Å². The standard InChI is InChI=1S/C27H38Cl2N6O/c1-16-26(29)25(23(28)14-30-16)17(2)36-21-6-7-24-22(12-21)27(33-32-24)18-13-31-35(15-18)20-8-10-34(11-9-20)19-4-3-5-19/h13-15,17,19-22,24,27,32-33H,3-12H2,1-2H3/t17-,21?,22?,24?,27?/m1/s1. The van der Waals surface area contributed by atoms with E-state index in [9.17, 15) is 0 Å². The summed E-state index contributed by atoms with van der Waals surface area (Å²) in [7, 11) is 0. The van der Waals surface area contributed by atoms with Crippen molar-refractivity contribution in [1.82, 2.24) is 30.5 Å². The summed E-state index contributed by atoms with van der Waals surface area (Å²) < 4.78 is 8.79. The summed E-state index contributed by atoms with van der Waals surface area (Å²) in [4.78, 5) is 6.96. The summed E-state index contributed by atoms with van der Waals surface area (Å²) in [6.45, 7) is 6.36. The highest BCUT2D eigenvalue weighted by molar-refractivity contribution is 6.36. The highest BCUT2D eigenvalue weighted by Gasteiger charge is 2.42. The number of pyridine rings is 1. The first-order valence-corrected chi connectivity index (χ1v) is 14.5. The number of nitrogens with zero attached hydrogens (tertiary/aromatic N) is 4. The minimum Gasteiger partial charge on any atom is -0.370 e. The maximum absolute atomic E-state index is 6.55. The highest BCUT2D eigenvalue weighted by Crippen LogP contribution is 2.42. The van der Waals surface area contributed by atoms with Crippen molar-refractivity contribution in [3.8, 4) is 0 Å². The molecule has 196 valence electrons. The van der Waals surface area contributed by atoms with Crippen LogP contribution in [0.2, 0.25) is 10.0 Å². The number of rotatable bonds is 6. The van der Waals surface area contributed by atoms with Gasteiger partial charge in [0.2, 0.25) is 0 Å². The van der Waals surface area contributed by atoms with Gasteiger partial charge in [-0.05, 0) is 64.7 Å². The predicted molar refractivity (Wildman–Crippen MR) is 142 cm³/mol. The molecule has 0 aromatic carbocycles. The van der Waals surface area contributed by atoms with E-state index in [1.165, 1.54) is 50.8 Å². The van der Waals surface area contributed by atoms with Crippen LogP contribution >= 0.6 is 23.2 Å². The molecular weight excluding hydrogens is 495 g/mol. The number of hydrogen-bond donors (Lipinski definition) is 2. The number of aryl methyl sites for hydroxylation is 1. The monoisotopic (exact) mass is 532 g/mol. The largest absolute Gasteiger partial charge is 0.370 e. The lowest BCUT2D eigenvalue weighted by Crippen LogP contribution is -2.45. The molecule has 2 saturated carbocycles. The van der Waals surface area contributed by atoms with Crippen molar-refractivity contribution < 1.29 is 4.74 Å². The molecule has 4 fully saturated rings. The van der Waals surface area contributed by atoms with E-state index < -0.39 is 0 Å². The first-order valence-electron chi connectivity index (χ1n) is 13.7. The second-order valence-corrected chi connectivity index (χ2v) is 12.1. The molecule has 2 aliphatic heterocycles. The predicted octanol–water partition coefficient (Wildman–Crippen LogP) is 5.55. The average molecular weight is 534 g/mol. The Bertz CT molecular complexity index is 1070. The minimum absolute atomic E-state index is 0.164. The first kappa shape index (κ1) is 25.1. The molecule has 0 amide bonds. The molecule has 2 N–H and O–H groups in total. The van der Waals surface area contributed by atoms with Crippen molar-refractivity contribution in [1.29, 1.82) is 0 Å². The molecule has 9 heteroatoms. The number of hydrogen-bond acceptors (Lipinski definition) is 6. The third-order valence-electron chi connectivity index (χ3n) is 9.13. The Balaban J connectivity index is 1.09. The van der Waals surface area contributed by atoms with E-state index in [0.29, 0.717) is 28.0 Å². The molecule has 6 rings (SSSR count). The van der Waals surface area contributed by atoms with Gasteiger partial charge in [-0.1, -0.05) is 29.6 Å². The van der Waals surface area contributed by atoms with Gasteiger partial charge in [0.15, 0.2) is 0 Å². The first-order chi connectivity index (χ1) is 17.5. The number of likely N-dealkylation sites (tertiary alicyclic amines) is 1. The summed E-state index contributed by atoms with van der Waals surface area (Å²) in [5.74, 6) is 0.458. The molecule has 2 saturated heterocycles. The average Bonchev–Trinajstić information content (AvgIpc) is 3.48. The van der Waals surface area contributed by atoms with Crippen LogP contribution in [0.4, 0.5) is 0 Å². The topological polar surface area (TPSA) is 67.2 Å². The number of halogens is 2. The lowest BCUT2D eigenvalue weighted by Gasteiger charge is -2.41. The van der Waals surface area contributed by atoms with Crippen LogP contribution in [0.3, 0.4) is 0 Å². The molecule has 4 heterocycles. The van der Waals surface area contributed by atoms with Crippen LogP contribution in [0.25, 0.3) is 0 Å². The Morgan fingerprint density at radius 2 is 1.83 bits per heavy atom. The second-order valence-electron chi connectivity index (χ2n) is 11.3. The summed E-state index contributed by atoms with van der Waals surface area (Å²) in [6, 6.07) is 2.07. The molecule has 7 nitrogen and oxygen atoms in total. The smallest absolute Gasteiger partial charge is 0.0830 e. The van der Waals surface area contributed by atoms with Gasteiger partial charge in [0.05, 0.1) is 46.2 Å². The van der Waals surface area contributed by atoms with Crippen molar-refractivity contribution in [2.75, 3.05) is 13.1 Å². The van der Waals surface area contributed by atoms with Gasteiger partial charge in [-0.15, -0.1) is 0 Å². The number of nitrogens with one attached hydrogen (secondary N) is 2. The van der Waals surface area contributed by atoms with Crippen molar-refractivity contribution in [3.63, 3.8) is 0 Å². The normalized spacial score (nSPS) is 30.8. The molecule has 4 aliphatic rings. The summed E-state index contributed by atoms with van der Waals surface area (Å²) in [5, 5.41) is 6.00. The molecule has 4 unspecified atom stereocenters. The number of piperidine rings is 1.